The Morgan fingerprint density at radius 3 is 2.17 bits per heavy atom. The van der Waals surface area contributed by atoms with E-state index in [1.807, 2.05) is 37.3 Å². The zero-order chi connectivity index (χ0) is 20.9. The molecule has 0 aliphatic rings. The molecule has 3 rings (SSSR count). The maximum Gasteiger partial charge on any atom is 0.284 e. The molecule has 0 aliphatic carbocycles. The summed E-state index contributed by atoms with van der Waals surface area (Å²) in [5, 5.41) is 6.17. The minimum absolute atomic E-state index is 0.116. The lowest BCUT2D eigenvalue weighted by molar-refractivity contribution is 0.598. The standard InChI is InChI=1S/C21H18BrN3O2S2/c1-15-7-13-19(14-8-15)29(26,27)25-20(16-5-3-2-4-6-16)24-21(28)23-18-11-9-17(22)10-12-18/h2-14H,1H3,(H2,23,24,25,28). The van der Waals surface area contributed by atoms with Crippen molar-refractivity contribution in [3.05, 3.63) is 94.5 Å². The average Bonchev–Trinajstić information content (AvgIpc) is 2.70. The number of nitrogens with zero attached hydrogens (tertiary/aromatic N) is 1. The van der Waals surface area contributed by atoms with E-state index in [0.717, 1.165) is 15.7 Å². The number of amidine groups is 1. The van der Waals surface area contributed by atoms with E-state index in [1.54, 1.807) is 36.4 Å². The van der Waals surface area contributed by atoms with Crippen molar-refractivity contribution in [2.24, 2.45) is 4.40 Å². The second kappa shape index (κ2) is 9.30. The second-order valence-electron chi connectivity index (χ2n) is 6.18. The topological polar surface area (TPSA) is 70.6 Å². The largest absolute Gasteiger partial charge is 0.332 e. The van der Waals surface area contributed by atoms with Crippen molar-refractivity contribution in [1.82, 2.24) is 5.32 Å². The van der Waals surface area contributed by atoms with E-state index in [4.69, 9.17) is 12.2 Å². The van der Waals surface area contributed by atoms with Gasteiger partial charge in [0.15, 0.2) is 10.9 Å². The summed E-state index contributed by atoms with van der Waals surface area (Å²) in [4.78, 5) is 0.116. The molecule has 29 heavy (non-hydrogen) atoms. The van der Waals surface area contributed by atoms with E-state index in [9.17, 15) is 8.42 Å². The summed E-state index contributed by atoms with van der Waals surface area (Å²) in [6.07, 6.45) is 0. The van der Waals surface area contributed by atoms with Gasteiger partial charge >= 0.3 is 0 Å². The highest BCUT2D eigenvalue weighted by Gasteiger charge is 2.16. The van der Waals surface area contributed by atoms with Crippen molar-refractivity contribution >= 4 is 54.8 Å². The molecule has 0 radical (unpaired) electrons. The van der Waals surface area contributed by atoms with Crippen LogP contribution in [0.25, 0.3) is 0 Å². The van der Waals surface area contributed by atoms with Crippen LogP contribution in [0.15, 0.2) is 92.6 Å². The minimum atomic E-state index is -3.92. The Kier molecular flexibility index (Phi) is 6.79. The molecule has 0 aliphatic heterocycles. The molecule has 0 spiro atoms. The molecule has 0 heterocycles. The fourth-order valence-electron chi connectivity index (χ4n) is 2.43. The van der Waals surface area contributed by atoms with Crippen LogP contribution in [0.4, 0.5) is 5.69 Å². The molecule has 0 atom stereocenters. The van der Waals surface area contributed by atoms with Gasteiger partial charge in [0.05, 0.1) is 4.90 Å². The van der Waals surface area contributed by atoms with E-state index in [1.165, 1.54) is 12.1 Å². The summed E-state index contributed by atoms with van der Waals surface area (Å²) in [6, 6.07) is 23.0. The Balaban J connectivity index is 1.90. The molecule has 2 N–H and O–H groups in total. The van der Waals surface area contributed by atoms with Gasteiger partial charge in [0.1, 0.15) is 0 Å². The first-order valence-corrected chi connectivity index (χ1v) is 11.3. The number of halogens is 1. The summed E-state index contributed by atoms with van der Waals surface area (Å²) in [6.45, 7) is 1.89. The van der Waals surface area contributed by atoms with Gasteiger partial charge in [0.2, 0.25) is 0 Å². The molecule has 0 amide bonds. The van der Waals surface area contributed by atoms with Crippen LogP contribution in [0.2, 0.25) is 0 Å². The molecule has 0 bridgehead atoms. The predicted molar refractivity (Wildman–Crippen MR) is 125 cm³/mol. The van der Waals surface area contributed by atoms with Gasteiger partial charge in [0.25, 0.3) is 10.0 Å². The molecule has 0 aromatic heterocycles. The van der Waals surface area contributed by atoms with Gasteiger partial charge in [-0.3, -0.25) is 0 Å². The normalized spacial score (nSPS) is 11.7. The first-order valence-electron chi connectivity index (χ1n) is 8.64. The van der Waals surface area contributed by atoms with Crippen molar-refractivity contribution in [1.29, 1.82) is 0 Å². The number of anilines is 1. The molecule has 8 heteroatoms. The minimum Gasteiger partial charge on any atom is -0.332 e. The molecule has 0 saturated carbocycles. The second-order valence-corrected chi connectivity index (χ2v) is 9.11. The Hall–Kier alpha value is -2.55. The zero-order valence-corrected chi connectivity index (χ0v) is 18.7. The van der Waals surface area contributed by atoms with Crippen LogP contribution in [0.5, 0.6) is 0 Å². The molecule has 148 valence electrons. The maximum absolute atomic E-state index is 12.8. The number of hydrogen-bond donors (Lipinski definition) is 2. The fourth-order valence-corrected chi connectivity index (χ4v) is 3.89. The molecule has 0 saturated heterocycles. The van der Waals surface area contributed by atoms with E-state index < -0.39 is 10.0 Å². The van der Waals surface area contributed by atoms with Gasteiger partial charge < -0.3 is 10.6 Å². The van der Waals surface area contributed by atoms with Crippen molar-refractivity contribution in [2.45, 2.75) is 11.8 Å². The average molecular weight is 488 g/mol. The number of benzene rings is 3. The Morgan fingerprint density at radius 2 is 1.55 bits per heavy atom. The summed E-state index contributed by atoms with van der Waals surface area (Å²) in [5.74, 6) is 0.140. The molecular weight excluding hydrogens is 470 g/mol. The summed E-state index contributed by atoms with van der Waals surface area (Å²) >= 11 is 8.74. The van der Waals surface area contributed by atoms with Crippen LogP contribution in [-0.4, -0.2) is 19.4 Å². The Morgan fingerprint density at radius 1 is 0.931 bits per heavy atom. The Labute approximate surface area is 184 Å². The molecule has 0 unspecified atom stereocenters. The number of aryl methyl sites for hydroxylation is 1. The number of nitrogens with one attached hydrogen (secondary N) is 2. The van der Waals surface area contributed by atoms with Gasteiger partial charge in [-0.15, -0.1) is 4.40 Å². The van der Waals surface area contributed by atoms with Crippen LogP contribution < -0.4 is 10.6 Å². The van der Waals surface area contributed by atoms with Crippen LogP contribution in [0, 0.1) is 6.92 Å². The van der Waals surface area contributed by atoms with Crippen LogP contribution in [0.3, 0.4) is 0 Å². The first-order chi connectivity index (χ1) is 13.8. The molecular formula is C21H18BrN3O2S2. The van der Waals surface area contributed by atoms with E-state index in [-0.39, 0.29) is 15.8 Å². The lowest BCUT2D eigenvalue weighted by Gasteiger charge is -2.13. The highest BCUT2D eigenvalue weighted by molar-refractivity contribution is 9.10. The van der Waals surface area contributed by atoms with Crippen molar-refractivity contribution < 1.29 is 8.42 Å². The van der Waals surface area contributed by atoms with Gasteiger partial charge in [-0.2, -0.15) is 8.42 Å². The lowest BCUT2D eigenvalue weighted by Crippen LogP contribution is -2.35. The van der Waals surface area contributed by atoms with Crippen LogP contribution >= 0.6 is 28.1 Å². The molecule has 3 aromatic carbocycles. The SMILES string of the molecule is Cc1ccc(S(=O)(=O)/N=C(\NC(=S)Nc2ccc(Br)cc2)c2ccccc2)cc1. The molecule has 0 fully saturated rings. The van der Waals surface area contributed by atoms with Gasteiger partial charge in [-0.05, 0) is 55.5 Å². The van der Waals surface area contributed by atoms with Crippen LogP contribution in [0.1, 0.15) is 11.1 Å². The Bertz CT molecular complexity index is 1130. The number of thiocarbonyl (C=S) groups is 1. The number of sulfonamides is 1. The van der Waals surface area contributed by atoms with Gasteiger partial charge in [0, 0.05) is 15.7 Å². The van der Waals surface area contributed by atoms with E-state index >= 15 is 0 Å². The summed E-state index contributed by atoms with van der Waals surface area (Å²) < 4.78 is 30.6. The fraction of sp³-hybridized carbons (Fsp3) is 0.0476. The van der Waals surface area contributed by atoms with Crippen molar-refractivity contribution in [3.8, 4) is 0 Å². The molecule has 5 nitrogen and oxygen atoms in total. The zero-order valence-electron chi connectivity index (χ0n) is 15.5. The number of hydrogen-bond acceptors (Lipinski definition) is 3. The quantitative estimate of drug-likeness (QED) is 0.311. The molecule has 3 aromatic rings. The smallest absolute Gasteiger partial charge is 0.284 e. The van der Waals surface area contributed by atoms with Gasteiger partial charge in [-0.1, -0.05) is 64.0 Å². The highest BCUT2D eigenvalue weighted by Crippen LogP contribution is 2.16. The van der Waals surface area contributed by atoms with Crippen molar-refractivity contribution in [3.63, 3.8) is 0 Å². The number of rotatable bonds is 4. The third-order valence-electron chi connectivity index (χ3n) is 3.91. The van der Waals surface area contributed by atoms with Crippen molar-refractivity contribution in [2.75, 3.05) is 5.32 Å². The first kappa shape index (κ1) is 21.2. The third-order valence-corrected chi connectivity index (χ3v) is 5.94. The van der Waals surface area contributed by atoms with Gasteiger partial charge in [-0.25, -0.2) is 0 Å². The maximum atomic E-state index is 12.8. The monoisotopic (exact) mass is 487 g/mol. The van der Waals surface area contributed by atoms with E-state index in [2.05, 4.69) is 31.0 Å². The predicted octanol–water partition coefficient (Wildman–Crippen LogP) is 4.88. The highest BCUT2D eigenvalue weighted by atomic mass is 79.9. The summed E-state index contributed by atoms with van der Waals surface area (Å²) in [5.41, 5.74) is 2.33. The summed E-state index contributed by atoms with van der Waals surface area (Å²) in [7, 11) is -3.92. The third kappa shape index (κ3) is 5.96. The van der Waals surface area contributed by atoms with E-state index in [0.29, 0.717) is 5.56 Å². The van der Waals surface area contributed by atoms with Crippen LogP contribution in [-0.2, 0) is 10.0 Å². The lowest BCUT2D eigenvalue weighted by atomic mass is 10.2.